The van der Waals surface area contributed by atoms with E-state index in [0.717, 1.165) is 6.42 Å². The third kappa shape index (κ3) is 2.94. The van der Waals surface area contributed by atoms with Crippen molar-refractivity contribution >= 4 is 17.2 Å². The van der Waals surface area contributed by atoms with Gasteiger partial charge in [-0.25, -0.2) is 0 Å². The summed E-state index contributed by atoms with van der Waals surface area (Å²) in [5, 5.41) is 5.16. The molecule has 1 amide bonds. The summed E-state index contributed by atoms with van der Waals surface area (Å²) < 4.78 is 0. The fourth-order valence-corrected chi connectivity index (χ4v) is 3.93. The van der Waals surface area contributed by atoms with Crippen molar-refractivity contribution in [2.45, 2.75) is 46.6 Å². The van der Waals surface area contributed by atoms with Crippen molar-refractivity contribution in [1.29, 1.82) is 0 Å². The molecule has 1 N–H and O–H groups in total. The molecule has 2 unspecified atom stereocenters. The molecule has 0 aromatic carbocycles. The second-order valence-corrected chi connectivity index (χ2v) is 7.17. The molecule has 0 bridgehead atoms. The number of carbonyl (C=O) groups is 1. The summed E-state index contributed by atoms with van der Waals surface area (Å²) in [5.41, 5.74) is 0.136. The van der Waals surface area contributed by atoms with Crippen LogP contribution in [-0.4, -0.2) is 5.91 Å². The van der Waals surface area contributed by atoms with Crippen LogP contribution in [0.2, 0.25) is 0 Å². The lowest BCUT2D eigenvalue weighted by Crippen LogP contribution is -2.44. The summed E-state index contributed by atoms with van der Waals surface area (Å²) in [5.74, 6) is 0.892. The highest BCUT2D eigenvalue weighted by atomic mass is 32.1. The molecular weight excluding hydrogens is 242 g/mol. The highest BCUT2D eigenvalue weighted by Gasteiger charge is 2.41. The molecule has 3 heteroatoms. The first-order chi connectivity index (χ1) is 8.50. The molecular formula is C15H23NOS. The van der Waals surface area contributed by atoms with E-state index >= 15 is 0 Å². The molecule has 1 heterocycles. The van der Waals surface area contributed by atoms with E-state index in [4.69, 9.17) is 0 Å². The van der Waals surface area contributed by atoms with Gasteiger partial charge in [0.2, 0.25) is 5.91 Å². The van der Waals surface area contributed by atoms with Crippen molar-refractivity contribution in [2.24, 2.45) is 17.3 Å². The van der Waals surface area contributed by atoms with E-state index in [2.05, 4.69) is 37.5 Å². The van der Waals surface area contributed by atoms with Gasteiger partial charge in [0, 0.05) is 10.8 Å². The first-order valence-corrected chi connectivity index (χ1v) is 7.69. The maximum Gasteiger partial charge on any atom is 0.224 e. The molecule has 0 radical (unpaired) electrons. The standard InChI is InChI=1S/C15H23NOS/c1-11-6-4-8-15(2,3)13(11)14(17)16-10-12-7-5-9-18-12/h5,7,9,11,13H,4,6,8,10H2,1-3H3,(H,16,17). The highest BCUT2D eigenvalue weighted by Crippen LogP contribution is 2.43. The molecule has 100 valence electrons. The molecule has 1 aliphatic carbocycles. The Labute approximate surface area is 114 Å². The maximum absolute atomic E-state index is 12.4. The van der Waals surface area contributed by atoms with Crippen molar-refractivity contribution in [2.75, 3.05) is 0 Å². The van der Waals surface area contributed by atoms with Crippen LogP contribution in [-0.2, 0) is 11.3 Å². The van der Waals surface area contributed by atoms with E-state index in [1.807, 2.05) is 6.07 Å². The van der Waals surface area contributed by atoms with Crippen molar-refractivity contribution in [3.63, 3.8) is 0 Å². The van der Waals surface area contributed by atoms with Crippen LogP contribution in [0.1, 0.15) is 44.9 Å². The van der Waals surface area contributed by atoms with Crippen LogP contribution in [0.4, 0.5) is 0 Å². The third-order valence-corrected chi connectivity index (χ3v) is 5.07. The number of carbonyl (C=O) groups excluding carboxylic acids is 1. The summed E-state index contributed by atoms with van der Waals surface area (Å²) in [6.07, 6.45) is 3.60. The van der Waals surface area contributed by atoms with Gasteiger partial charge < -0.3 is 5.32 Å². The topological polar surface area (TPSA) is 29.1 Å². The summed E-state index contributed by atoms with van der Waals surface area (Å²) in [7, 11) is 0. The third-order valence-electron chi connectivity index (χ3n) is 4.19. The number of hydrogen-bond acceptors (Lipinski definition) is 2. The number of hydrogen-bond donors (Lipinski definition) is 1. The van der Waals surface area contributed by atoms with Gasteiger partial charge in [0.1, 0.15) is 0 Å². The van der Waals surface area contributed by atoms with Crippen molar-refractivity contribution in [3.8, 4) is 0 Å². The molecule has 0 aliphatic heterocycles. The van der Waals surface area contributed by atoms with Gasteiger partial charge in [-0.15, -0.1) is 11.3 Å². The van der Waals surface area contributed by atoms with E-state index in [9.17, 15) is 4.79 Å². The number of rotatable bonds is 3. The molecule has 1 aromatic heterocycles. The van der Waals surface area contributed by atoms with Crippen LogP contribution in [0.3, 0.4) is 0 Å². The Morgan fingerprint density at radius 2 is 2.33 bits per heavy atom. The minimum Gasteiger partial charge on any atom is -0.351 e. The maximum atomic E-state index is 12.4. The SMILES string of the molecule is CC1CCCC(C)(C)C1C(=O)NCc1cccs1. The Bertz CT molecular complexity index is 397. The zero-order chi connectivity index (χ0) is 13.2. The molecule has 2 nitrogen and oxygen atoms in total. The van der Waals surface area contributed by atoms with Gasteiger partial charge in [0.25, 0.3) is 0 Å². The van der Waals surface area contributed by atoms with Gasteiger partial charge >= 0.3 is 0 Å². The van der Waals surface area contributed by atoms with Gasteiger partial charge in [-0.05, 0) is 35.6 Å². The Kier molecular flexibility index (Phi) is 4.10. The fraction of sp³-hybridized carbons (Fsp3) is 0.667. The second kappa shape index (κ2) is 5.43. The largest absolute Gasteiger partial charge is 0.351 e. The number of amides is 1. The fourth-order valence-electron chi connectivity index (χ4n) is 3.28. The monoisotopic (exact) mass is 265 g/mol. The molecule has 1 aliphatic rings. The van der Waals surface area contributed by atoms with Crippen LogP contribution in [0.5, 0.6) is 0 Å². The molecule has 0 spiro atoms. The minimum absolute atomic E-state index is 0.136. The number of nitrogens with one attached hydrogen (secondary N) is 1. The zero-order valence-corrected chi connectivity index (χ0v) is 12.3. The average Bonchev–Trinajstić information content (AvgIpc) is 2.77. The van der Waals surface area contributed by atoms with Gasteiger partial charge in [0.15, 0.2) is 0 Å². The lowest BCUT2D eigenvalue weighted by Gasteiger charge is -2.41. The smallest absolute Gasteiger partial charge is 0.224 e. The normalized spacial score (nSPS) is 26.8. The van der Waals surface area contributed by atoms with E-state index in [0.29, 0.717) is 12.5 Å². The van der Waals surface area contributed by atoms with E-state index in [1.165, 1.54) is 17.7 Å². The molecule has 2 atom stereocenters. The molecule has 1 saturated carbocycles. The Balaban J connectivity index is 1.98. The second-order valence-electron chi connectivity index (χ2n) is 6.13. The summed E-state index contributed by atoms with van der Waals surface area (Å²) in [6.45, 7) is 7.36. The van der Waals surface area contributed by atoms with Crippen molar-refractivity contribution in [1.82, 2.24) is 5.32 Å². The molecule has 18 heavy (non-hydrogen) atoms. The van der Waals surface area contributed by atoms with E-state index in [-0.39, 0.29) is 17.2 Å². The van der Waals surface area contributed by atoms with Gasteiger partial charge in [-0.2, -0.15) is 0 Å². The van der Waals surface area contributed by atoms with Crippen LogP contribution in [0.15, 0.2) is 17.5 Å². The zero-order valence-electron chi connectivity index (χ0n) is 11.5. The average molecular weight is 265 g/mol. The predicted octanol–water partition coefficient (Wildman–Crippen LogP) is 3.83. The highest BCUT2D eigenvalue weighted by molar-refractivity contribution is 7.09. The quantitative estimate of drug-likeness (QED) is 0.884. The summed E-state index contributed by atoms with van der Waals surface area (Å²) in [6, 6.07) is 4.10. The van der Waals surface area contributed by atoms with Crippen LogP contribution < -0.4 is 5.32 Å². The van der Waals surface area contributed by atoms with E-state index < -0.39 is 0 Å². The lowest BCUT2D eigenvalue weighted by molar-refractivity contribution is -0.133. The summed E-state index contributed by atoms with van der Waals surface area (Å²) in [4.78, 5) is 13.6. The Morgan fingerprint density at radius 3 is 2.94 bits per heavy atom. The minimum atomic E-state index is 0.136. The molecule has 1 aromatic rings. The van der Waals surface area contributed by atoms with E-state index in [1.54, 1.807) is 11.3 Å². The Morgan fingerprint density at radius 1 is 1.56 bits per heavy atom. The molecule has 0 saturated heterocycles. The van der Waals surface area contributed by atoms with Gasteiger partial charge in [0.05, 0.1) is 6.54 Å². The lowest BCUT2D eigenvalue weighted by atomic mass is 9.64. The molecule has 1 fully saturated rings. The molecule has 2 rings (SSSR count). The predicted molar refractivity (Wildman–Crippen MR) is 76.5 cm³/mol. The first kappa shape index (κ1) is 13.6. The van der Waals surface area contributed by atoms with Crippen LogP contribution >= 0.6 is 11.3 Å². The first-order valence-electron chi connectivity index (χ1n) is 6.81. The Hall–Kier alpha value is -0.830. The van der Waals surface area contributed by atoms with Gasteiger partial charge in [-0.3, -0.25) is 4.79 Å². The van der Waals surface area contributed by atoms with Crippen LogP contribution in [0.25, 0.3) is 0 Å². The van der Waals surface area contributed by atoms with Crippen molar-refractivity contribution < 1.29 is 4.79 Å². The van der Waals surface area contributed by atoms with Crippen LogP contribution in [0, 0.1) is 17.3 Å². The van der Waals surface area contributed by atoms with Crippen molar-refractivity contribution in [3.05, 3.63) is 22.4 Å². The summed E-state index contributed by atoms with van der Waals surface area (Å²) >= 11 is 1.70. The number of thiophene rings is 1. The van der Waals surface area contributed by atoms with Gasteiger partial charge in [-0.1, -0.05) is 33.3 Å².